The summed E-state index contributed by atoms with van der Waals surface area (Å²) in [6.07, 6.45) is 1.90. The Hall–Kier alpha value is -5.01. The van der Waals surface area contributed by atoms with Gasteiger partial charge in [-0.1, -0.05) is 133 Å². The van der Waals surface area contributed by atoms with Crippen molar-refractivity contribution in [2.24, 2.45) is 0 Å². The minimum Gasteiger partial charge on any atom is -0.256 e. The van der Waals surface area contributed by atoms with Gasteiger partial charge < -0.3 is 0 Å². The number of fused-ring (bicyclic) bond motifs is 2. The predicted octanol–water partition coefficient (Wildman–Crippen LogP) is 10.1. The molecule has 7 rings (SSSR count). The van der Waals surface area contributed by atoms with E-state index in [2.05, 4.69) is 140 Å². The van der Waals surface area contributed by atoms with Crippen molar-refractivity contribution in [1.29, 1.82) is 0 Å². The minimum absolute atomic E-state index is 1.03. The largest absolute Gasteiger partial charge is 0.256 e. The Kier molecular flexibility index (Phi) is 5.53. The zero-order chi connectivity index (χ0) is 25.3. The average molecular weight is 484 g/mol. The van der Waals surface area contributed by atoms with E-state index in [1.807, 2.05) is 12.3 Å². The first-order valence-corrected chi connectivity index (χ1v) is 13.0. The normalized spacial score (nSPS) is 11.2. The van der Waals surface area contributed by atoms with Crippen molar-refractivity contribution in [3.05, 3.63) is 152 Å². The van der Waals surface area contributed by atoms with Crippen LogP contribution in [0.15, 0.2) is 152 Å². The minimum atomic E-state index is 1.03. The van der Waals surface area contributed by atoms with E-state index in [4.69, 9.17) is 4.98 Å². The van der Waals surface area contributed by atoms with Gasteiger partial charge in [-0.2, -0.15) is 0 Å². The molecule has 0 aliphatic carbocycles. The molecule has 6 aromatic carbocycles. The van der Waals surface area contributed by atoms with Crippen molar-refractivity contribution in [3.63, 3.8) is 0 Å². The van der Waals surface area contributed by atoms with Gasteiger partial charge in [0, 0.05) is 17.1 Å². The molecule has 0 aliphatic heterocycles. The van der Waals surface area contributed by atoms with Gasteiger partial charge in [-0.25, -0.2) is 0 Å². The molecular formula is C37H25N. The highest BCUT2D eigenvalue weighted by Gasteiger charge is 2.17. The summed E-state index contributed by atoms with van der Waals surface area (Å²) in [4.78, 5) is 4.91. The van der Waals surface area contributed by atoms with E-state index >= 15 is 0 Å². The number of aromatic nitrogens is 1. The zero-order valence-electron chi connectivity index (χ0n) is 20.9. The van der Waals surface area contributed by atoms with Crippen LogP contribution in [0.4, 0.5) is 0 Å². The first-order chi connectivity index (χ1) is 18.9. The van der Waals surface area contributed by atoms with Crippen LogP contribution in [0.2, 0.25) is 0 Å². The summed E-state index contributed by atoms with van der Waals surface area (Å²) in [5.41, 5.74) is 10.7. The molecule has 1 heteroatoms. The van der Waals surface area contributed by atoms with Crippen LogP contribution in [0.5, 0.6) is 0 Å². The van der Waals surface area contributed by atoms with Gasteiger partial charge in [-0.3, -0.25) is 4.98 Å². The van der Waals surface area contributed by atoms with Gasteiger partial charge >= 0.3 is 0 Å². The molecule has 0 atom stereocenters. The van der Waals surface area contributed by atoms with Gasteiger partial charge in [-0.05, 0) is 61.8 Å². The topological polar surface area (TPSA) is 12.9 Å². The molecule has 0 radical (unpaired) electrons. The summed E-state index contributed by atoms with van der Waals surface area (Å²) in [6, 6.07) is 51.9. The Labute approximate surface area is 222 Å². The highest BCUT2D eigenvalue weighted by atomic mass is 14.7. The third-order valence-electron chi connectivity index (χ3n) is 7.32. The quantitative estimate of drug-likeness (QED) is 0.227. The third kappa shape index (κ3) is 3.86. The van der Waals surface area contributed by atoms with Crippen LogP contribution < -0.4 is 0 Å². The second-order valence-corrected chi connectivity index (χ2v) is 9.59. The summed E-state index contributed by atoms with van der Waals surface area (Å²) >= 11 is 0. The van der Waals surface area contributed by atoms with Crippen molar-refractivity contribution in [3.8, 4) is 44.5 Å². The molecule has 178 valence electrons. The zero-order valence-corrected chi connectivity index (χ0v) is 20.9. The number of nitrogens with zero attached hydrogens (tertiary/aromatic N) is 1. The molecule has 0 bridgehead atoms. The Morgan fingerprint density at radius 1 is 0.316 bits per heavy atom. The van der Waals surface area contributed by atoms with Gasteiger partial charge in [0.15, 0.2) is 0 Å². The maximum absolute atomic E-state index is 4.91. The van der Waals surface area contributed by atoms with E-state index in [9.17, 15) is 0 Å². The van der Waals surface area contributed by atoms with Crippen LogP contribution in [-0.2, 0) is 0 Å². The van der Waals surface area contributed by atoms with E-state index in [0.717, 1.165) is 5.52 Å². The van der Waals surface area contributed by atoms with E-state index in [1.54, 1.807) is 0 Å². The van der Waals surface area contributed by atoms with E-state index in [-0.39, 0.29) is 0 Å². The number of hydrogen-bond donors (Lipinski definition) is 0. The SMILES string of the molecule is c1ccc(-c2ccc(-c3cccc(-c4c5ccccc5c(-c5ccccc5)c5ncccc45)c3)cc2)cc1. The van der Waals surface area contributed by atoms with Crippen LogP contribution in [0, 0.1) is 0 Å². The van der Waals surface area contributed by atoms with Crippen LogP contribution in [-0.4, -0.2) is 4.98 Å². The van der Waals surface area contributed by atoms with Gasteiger partial charge in [0.1, 0.15) is 0 Å². The van der Waals surface area contributed by atoms with E-state index < -0.39 is 0 Å². The predicted molar refractivity (Wildman–Crippen MR) is 161 cm³/mol. The first kappa shape index (κ1) is 22.2. The van der Waals surface area contributed by atoms with Crippen molar-refractivity contribution >= 4 is 21.7 Å². The molecule has 0 amide bonds. The van der Waals surface area contributed by atoms with Crippen molar-refractivity contribution < 1.29 is 0 Å². The molecule has 1 nitrogen and oxygen atoms in total. The lowest BCUT2D eigenvalue weighted by atomic mass is 9.87. The fourth-order valence-electron chi connectivity index (χ4n) is 5.55. The molecule has 1 heterocycles. The number of rotatable bonds is 4. The summed E-state index contributed by atoms with van der Waals surface area (Å²) in [6.45, 7) is 0. The van der Waals surface area contributed by atoms with Gasteiger partial charge in [-0.15, -0.1) is 0 Å². The highest BCUT2D eigenvalue weighted by molar-refractivity contribution is 6.20. The van der Waals surface area contributed by atoms with Crippen molar-refractivity contribution in [2.45, 2.75) is 0 Å². The molecule has 0 unspecified atom stereocenters. The van der Waals surface area contributed by atoms with Crippen LogP contribution in [0.25, 0.3) is 66.2 Å². The van der Waals surface area contributed by atoms with Gasteiger partial charge in [0.2, 0.25) is 0 Å². The molecule has 0 aliphatic rings. The summed E-state index contributed by atoms with van der Waals surface area (Å²) in [7, 11) is 0. The highest BCUT2D eigenvalue weighted by Crippen LogP contribution is 2.43. The Morgan fingerprint density at radius 3 is 1.53 bits per heavy atom. The molecule has 0 spiro atoms. The molecule has 0 saturated heterocycles. The maximum Gasteiger partial charge on any atom is 0.0792 e. The van der Waals surface area contributed by atoms with E-state index in [1.165, 1.54) is 60.7 Å². The van der Waals surface area contributed by atoms with Gasteiger partial charge in [0.25, 0.3) is 0 Å². The lowest BCUT2D eigenvalue weighted by Gasteiger charge is -2.17. The van der Waals surface area contributed by atoms with Crippen LogP contribution in [0.3, 0.4) is 0 Å². The fraction of sp³-hybridized carbons (Fsp3) is 0. The number of benzene rings is 6. The van der Waals surface area contributed by atoms with E-state index in [0.29, 0.717) is 0 Å². The monoisotopic (exact) mass is 483 g/mol. The Bertz CT molecular complexity index is 1830. The molecule has 38 heavy (non-hydrogen) atoms. The first-order valence-electron chi connectivity index (χ1n) is 13.0. The van der Waals surface area contributed by atoms with Crippen molar-refractivity contribution in [1.82, 2.24) is 4.98 Å². The van der Waals surface area contributed by atoms with Crippen LogP contribution in [0.1, 0.15) is 0 Å². The van der Waals surface area contributed by atoms with Gasteiger partial charge in [0.05, 0.1) is 5.52 Å². The Morgan fingerprint density at radius 2 is 0.816 bits per heavy atom. The molecule has 0 saturated carbocycles. The number of hydrogen-bond acceptors (Lipinski definition) is 1. The third-order valence-corrected chi connectivity index (χ3v) is 7.32. The Balaban J connectivity index is 1.42. The van der Waals surface area contributed by atoms with Crippen molar-refractivity contribution in [2.75, 3.05) is 0 Å². The smallest absolute Gasteiger partial charge is 0.0792 e. The number of pyridine rings is 1. The second-order valence-electron chi connectivity index (χ2n) is 9.59. The standard InChI is InChI=1S/C37H25N/c1-3-11-26(12-4-1)27-20-22-28(23-21-27)30-15-9-16-31(25-30)35-32-17-7-8-18-33(32)36(29-13-5-2-6-14-29)37-34(35)19-10-24-38-37/h1-25H. The summed E-state index contributed by atoms with van der Waals surface area (Å²) in [5, 5.41) is 3.63. The lowest BCUT2D eigenvalue weighted by molar-refractivity contribution is 1.42. The lowest BCUT2D eigenvalue weighted by Crippen LogP contribution is -1.92. The summed E-state index contributed by atoms with van der Waals surface area (Å²) in [5.74, 6) is 0. The summed E-state index contributed by atoms with van der Waals surface area (Å²) < 4.78 is 0. The molecule has 7 aromatic rings. The molecule has 1 aromatic heterocycles. The second kappa shape index (κ2) is 9.46. The molecular weight excluding hydrogens is 458 g/mol. The molecule has 0 N–H and O–H groups in total. The fourth-order valence-corrected chi connectivity index (χ4v) is 5.55. The molecule has 0 fully saturated rings. The maximum atomic E-state index is 4.91. The average Bonchev–Trinajstić information content (AvgIpc) is 3.01. The van der Waals surface area contributed by atoms with Crippen LogP contribution >= 0.6 is 0 Å².